The Kier molecular flexibility index (Phi) is 4.62. The maximum atomic E-state index is 13.1. The van der Waals surface area contributed by atoms with E-state index in [0.29, 0.717) is 11.8 Å². The number of nitrogen functional groups attached to an aromatic ring is 2. The number of aromatic nitrogens is 2. The summed E-state index contributed by atoms with van der Waals surface area (Å²) in [5, 5.41) is 4.16. The van der Waals surface area contributed by atoms with Gasteiger partial charge in [-0.25, -0.2) is 13.1 Å². The number of rotatable bonds is 3. The van der Waals surface area contributed by atoms with Crippen molar-refractivity contribution in [3.8, 4) is 5.69 Å². The number of nitrogens with two attached hydrogens (primary N) is 2. The Morgan fingerprint density at radius 2 is 1.61 bits per heavy atom. The van der Waals surface area contributed by atoms with Gasteiger partial charge in [-0.1, -0.05) is 17.7 Å². The van der Waals surface area contributed by atoms with E-state index in [2.05, 4.69) is 5.10 Å². The second-order valence-electron chi connectivity index (χ2n) is 6.30. The summed E-state index contributed by atoms with van der Waals surface area (Å²) in [6.07, 6.45) is -4.79. The summed E-state index contributed by atoms with van der Waals surface area (Å²) >= 11 is 0. The molecule has 0 aliphatic carbocycles. The van der Waals surface area contributed by atoms with Crippen LogP contribution in [0, 0.1) is 13.8 Å². The van der Waals surface area contributed by atoms with Crippen LogP contribution in [-0.4, -0.2) is 18.2 Å². The van der Waals surface area contributed by atoms with Crippen molar-refractivity contribution in [2.45, 2.75) is 29.8 Å². The zero-order valence-corrected chi connectivity index (χ0v) is 15.8. The Balaban J connectivity index is 2.17. The van der Waals surface area contributed by atoms with Crippen LogP contribution >= 0.6 is 0 Å². The van der Waals surface area contributed by atoms with Crippen LogP contribution in [0.4, 0.5) is 24.7 Å². The number of anilines is 2. The molecule has 1 heterocycles. The van der Waals surface area contributed by atoms with E-state index >= 15 is 0 Å². The average Bonchev–Trinajstić information content (AvgIpc) is 2.89. The molecule has 4 N–H and O–H groups in total. The van der Waals surface area contributed by atoms with Crippen molar-refractivity contribution in [3.05, 3.63) is 59.3 Å². The van der Waals surface area contributed by atoms with Crippen molar-refractivity contribution in [2.75, 3.05) is 11.5 Å². The monoisotopic (exact) mass is 410 g/mol. The van der Waals surface area contributed by atoms with Gasteiger partial charge in [0, 0.05) is 5.69 Å². The molecular weight excluding hydrogens is 393 g/mol. The number of alkyl halides is 3. The molecule has 28 heavy (non-hydrogen) atoms. The quantitative estimate of drug-likeness (QED) is 0.643. The van der Waals surface area contributed by atoms with Gasteiger partial charge in [-0.15, -0.1) is 0 Å². The van der Waals surface area contributed by atoms with Crippen LogP contribution < -0.4 is 11.5 Å². The Labute approximate surface area is 159 Å². The number of nitrogens with zero attached hydrogens (tertiary/aromatic N) is 2. The highest BCUT2D eigenvalue weighted by atomic mass is 32.2. The van der Waals surface area contributed by atoms with Gasteiger partial charge in [-0.3, -0.25) is 0 Å². The summed E-state index contributed by atoms with van der Waals surface area (Å²) in [7, 11) is -4.36. The van der Waals surface area contributed by atoms with E-state index in [1.807, 2.05) is 6.92 Å². The molecule has 3 aromatic rings. The summed E-state index contributed by atoms with van der Waals surface area (Å²) < 4.78 is 66.6. The van der Waals surface area contributed by atoms with Crippen molar-refractivity contribution in [2.24, 2.45) is 0 Å². The Morgan fingerprint density at radius 1 is 1.00 bits per heavy atom. The number of hydrogen-bond donors (Lipinski definition) is 2. The molecule has 148 valence electrons. The molecule has 0 bridgehead atoms. The Morgan fingerprint density at radius 3 is 2.18 bits per heavy atom. The molecule has 1 aromatic heterocycles. The lowest BCUT2D eigenvalue weighted by Crippen LogP contribution is -2.12. The summed E-state index contributed by atoms with van der Waals surface area (Å²) in [6, 6.07) is 9.45. The number of benzene rings is 2. The van der Waals surface area contributed by atoms with Gasteiger partial charge in [0.2, 0.25) is 9.84 Å². The molecule has 6 nitrogen and oxygen atoms in total. The zero-order valence-electron chi connectivity index (χ0n) is 14.9. The number of aryl methyl sites for hydroxylation is 2. The fraction of sp³-hybridized carbons (Fsp3) is 0.167. The van der Waals surface area contributed by atoms with Crippen molar-refractivity contribution in [3.63, 3.8) is 0 Å². The molecular formula is C18H17F3N4O2S. The second-order valence-corrected chi connectivity index (χ2v) is 8.18. The molecule has 0 radical (unpaired) electrons. The lowest BCUT2D eigenvalue weighted by molar-refractivity contribution is -0.137. The summed E-state index contributed by atoms with van der Waals surface area (Å²) in [5.41, 5.74) is 11.2. The molecule has 0 saturated carbocycles. The molecule has 0 atom stereocenters. The Hall–Kier alpha value is -3.01. The van der Waals surface area contributed by atoms with Gasteiger partial charge >= 0.3 is 6.18 Å². The fourth-order valence-electron chi connectivity index (χ4n) is 2.81. The van der Waals surface area contributed by atoms with E-state index in [4.69, 9.17) is 11.5 Å². The minimum absolute atomic E-state index is 0.0726. The van der Waals surface area contributed by atoms with E-state index in [0.717, 1.165) is 17.7 Å². The molecule has 2 aromatic carbocycles. The summed E-state index contributed by atoms with van der Waals surface area (Å²) in [6.45, 7) is 3.31. The SMILES string of the molecule is Cc1ccc(-n2nc(C)c(S(=O)(=O)c3ccc(N)c(C(F)(F)F)c3)c2N)cc1. The topological polar surface area (TPSA) is 104 Å². The molecule has 0 unspecified atom stereocenters. The van der Waals surface area contributed by atoms with Crippen molar-refractivity contribution >= 4 is 21.3 Å². The van der Waals surface area contributed by atoms with Crippen LogP contribution in [-0.2, 0) is 16.0 Å². The van der Waals surface area contributed by atoms with Crippen LogP contribution in [0.25, 0.3) is 5.69 Å². The van der Waals surface area contributed by atoms with E-state index in [9.17, 15) is 21.6 Å². The van der Waals surface area contributed by atoms with Crippen LogP contribution in [0.15, 0.2) is 52.3 Å². The molecule has 0 spiro atoms. The van der Waals surface area contributed by atoms with E-state index in [-0.39, 0.29) is 16.4 Å². The normalized spacial score (nSPS) is 12.3. The number of sulfone groups is 1. The van der Waals surface area contributed by atoms with Gasteiger partial charge < -0.3 is 11.5 Å². The molecule has 0 aliphatic heterocycles. The van der Waals surface area contributed by atoms with Gasteiger partial charge in [0.25, 0.3) is 0 Å². The highest BCUT2D eigenvalue weighted by molar-refractivity contribution is 7.91. The number of halogens is 3. The first-order valence-electron chi connectivity index (χ1n) is 8.07. The minimum Gasteiger partial charge on any atom is -0.398 e. The van der Waals surface area contributed by atoms with Crippen LogP contribution in [0.1, 0.15) is 16.8 Å². The van der Waals surface area contributed by atoms with E-state index in [1.54, 1.807) is 24.3 Å². The third-order valence-electron chi connectivity index (χ3n) is 4.23. The number of hydrogen-bond acceptors (Lipinski definition) is 5. The maximum absolute atomic E-state index is 13.1. The highest BCUT2D eigenvalue weighted by Crippen LogP contribution is 2.37. The molecule has 0 amide bonds. The van der Waals surface area contributed by atoms with Crippen molar-refractivity contribution < 1.29 is 21.6 Å². The van der Waals surface area contributed by atoms with Crippen LogP contribution in [0.3, 0.4) is 0 Å². The summed E-state index contributed by atoms with van der Waals surface area (Å²) in [5.74, 6) is -0.188. The minimum atomic E-state index is -4.79. The predicted octanol–water partition coefficient (Wildman–Crippen LogP) is 3.51. The predicted molar refractivity (Wildman–Crippen MR) is 98.8 cm³/mol. The lowest BCUT2D eigenvalue weighted by Gasteiger charge is -2.12. The van der Waals surface area contributed by atoms with E-state index < -0.39 is 32.2 Å². The molecule has 10 heteroatoms. The van der Waals surface area contributed by atoms with Gasteiger partial charge in [0.1, 0.15) is 10.7 Å². The molecule has 3 rings (SSSR count). The molecule has 0 fully saturated rings. The van der Waals surface area contributed by atoms with E-state index in [1.165, 1.54) is 11.6 Å². The third-order valence-corrected chi connectivity index (χ3v) is 6.14. The standard InChI is InChI=1S/C18H17F3N4O2S/c1-10-3-5-12(6-4-10)25-17(23)16(11(2)24-25)28(26,27)13-7-8-15(22)14(9-13)18(19,20)21/h3-9H,22-23H2,1-2H3. The molecule has 0 saturated heterocycles. The first kappa shape index (κ1) is 19.7. The van der Waals surface area contributed by atoms with Crippen molar-refractivity contribution in [1.82, 2.24) is 9.78 Å². The second kappa shape index (κ2) is 6.55. The Bertz CT molecular complexity index is 1150. The zero-order chi connectivity index (χ0) is 20.9. The smallest absolute Gasteiger partial charge is 0.398 e. The third kappa shape index (κ3) is 3.31. The van der Waals surface area contributed by atoms with Gasteiger partial charge in [0.15, 0.2) is 0 Å². The highest BCUT2D eigenvalue weighted by Gasteiger charge is 2.35. The van der Waals surface area contributed by atoms with Gasteiger partial charge in [0.05, 0.1) is 21.8 Å². The fourth-order valence-corrected chi connectivity index (χ4v) is 4.36. The molecule has 0 aliphatic rings. The largest absolute Gasteiger partial charge is 0.418 e. The maximum Gasteiger partial charge on any atom is 0.418 e. The summed E-state index contributed by atoms with van der Waals surface area (Å²) in [4.78, 5) is -0.904. The lowest BCUT2D eigenvalue weighted by atomic mass is 10.2. The first-order chi connectivity index (χ1) is 12.9. The van der Waals surface area contributed by atoms with Gasteiger partial charge in [-0.2, -0.15) is 18.3 Å². The van der Waals surface area contributed by atoms with Crippen LogP contribution in [0.5, 0.6) is 0 Å². The van der Waals surface area contributed by atoms with Crippen molar-refractivity contribution in [1.29, 1.82) is 0 Å². The first-order valence-corrected chi connectivity index (χ1v) is 9.55. The van der Waals surface area contributed by atoms with Crippen LogP contribution in [0.2, 0.25) is 0 Å². The van der Waals surface area contributed by atoms with Gasteiger partial charge in [-0.05, 0) is 44.2 Å². The average molecular weight is 410 g/mol.